The number of carbonyl (C=O) groups is 1. The van der Waals surface area contributed by atoms with E-state index in [1.165, 1.54) is 0 Å². The topological polar surface area (TPSA) is 52.6 Å². The van der Waals surface area contributed by atoms with E-state index < -0.39 is 0 Å². The van der Waals surface area contributed by atoms with Crippen molar-refractivity contribution in [2.75, 3.05) is 19.7 Å². The number of aliphatic hydroxyl groups excluding tert-OH is 1. The molecule has 0 aromatic heterocycles. The Balaban J connectivity index is 2.43. The van der Waals surface area contributed by atoms with Gasteiger partial charge >= 0.3 is 6.03 Å². The maximum atomic E-state index is 11.3. The van der Waals surface area contributed by atoms with Crippen molar-refractivity contribution in [1.29, 1.82) is 0 Å². The van der Waals surface area contributed by atoms with Crippen LogP contribution < -0.4 is 5.32 Å². The summed E-state index contributed by atoms with van der Waals surface area (Å²) in [5.41, 5.74) is 0. The van der Waals surface area contributed by atoms with E-state index in [1.807, 2.05) is 6.92 Å². The van der Waals surface area contributed by atoms with Crippen molar-refractivity contribution in [3.63, 3.8) is 0 Å². The summed E-state index contributed by atoms with van der Waals surface area (Å²) in [5.74, 6) is 0. The van der Waals surface area contributed by atoms with Crippen molar-refractivity contribution in [3.8, 4) is 0 Å². The SMILES string of the molecule is CCNC(=O)N1CCC[C@H]1CO. The van der Waals surface area contributed by atoms with Crippen molar-refractivity contribution in [3.05, 3.63) is 0 Å². The average Bonchev–Trinajstić information content (AvgIpc) is 2.51. The molecule has 2 N–H and O–H groups in total. The summed E-state index contributed by atoms with van der Waals surface area (Å²) in [5, 5.41) is 11.7. The van der Waals surface area contributed by atoms with Crippen LogP contribution in [0.4, 0.5) is 4.79 Å². The number of likely N-dealkylation sites (tertiary alicyclic amines) is 1. The molecule has 1 saturated heterocycles. The van der Waals surface area contributed by atoms with Gasteiger partial charge in [-0.3, -0.25) is 0 Å². The fourth-order valence-corrected chi connectivity index (χ4v) is 1.55. The molecule has 0 bridgehead atoms. The summed E-state index contributed by atoms with van der Waals surface area (Å²) in [6, 6.07) is -0.00870. The predicted octanol–water partition coefficient (Wildman–Crippen LogP) is 0.173. The predicted molar refractivity (Wildman–Crippen MR) is 45.9 cm³/mol. The monoisotopic (exact) mass is 172 g/mol. The maximum Gasteiger partial charge on any atom is 0.317 e. The number of aliphatic hydroxyl groups is 1. The quantitative estimate of drug-likeness (QED) is 0.624. The van der Waals surface area contributed by atoms with Gasteiger partial charge in [0.25, 0.3) is 0 Å². The van der Waals surface area contributed by atoms with Gasteiger partial charge in [0.15, 0.2) is 0 Å². The van der Waals surface area contributed by atoms with Crippen LogP contribution in [0, 0.1) is 0 Å². The van der Waals surface area contributed by atoms with Gasteiger partial charge in [-0.15, -0.1) is 0 Å². The van der Waals surface area contributed by atoms with E-state index in [-0.39, 0.29) is 18.7 Å². The zero-order valence-electron chi connectivity index (χ0n) is 7.42. The average molecular weight is 172 g/mol. The molecule has 0 unspecified atom stereocenters. The summed E-state index contributed by atoms with van der Waals surface area (Å²) in [6.45, 7) is 3.39. The van der Waals surface area contributed by atoms with Gasteiger partial charge in [-0.05, 0) is 19.8 Å². The van der Waals surface area contributed by atoms with Crippen LogP contribution in [-0.2, 0) is 0 Å². The second kappa shape index (κ2) is 4.30. The molecular weight excluding hydrogens is 156 g/mol. The Morgan fingerprint density at radius 3 is 3.08 bits per heavy atom. The van der Waals surface area contributed by atoms with Gasteiger partial charge in [0.05, 0.1) is 12.6 Å². The Hall–Kier alpha value is -0.770. The van der Waals surface area contributed by atoms with Gasteiger partial charge in [-0.25, -0.2) is 4.79 Å². The highest BCUT2D eigenvalue weighted by molar-refractivity contribution is 5.74. The number of hydrogen-bond acceptors (Lipinski definition) is 2. The van der Waals surface area contributed by atoms with E-state index in [9.17, 15) is 4.79 Å². The van der Waals surface area contributed by atoms with Crippen LogP contribution in [0.5, 0.6) is 0 Å². The van der Waals surface area contributed by atoms with Crippen LogP contribution >= 0.6 is 0 Å². The first-order valence-electron chi connectivity index (χ1n) is 4.45. The number of carbonyl (C=O) groups excluding carboxylic acids is 1. The van der Waals surface area contributed by atoms with Gasteiger partial charge in [-0.1, -0.05) is 0 Å². The molecule has 0 aliphatic carbocycles. The Morgan fingerprint density at radius 2 is 2.50 bits per heavy atom. The highest BCUT2D eigenvalue weighted by Gasteiger charge is 2.27. The molecule has 0 radical (unpaired) electrons. The van der Waals surface area contributed by atoms with Crippen molar-refractivity contribution in [2.45, 2.75) is 25.8 Å². The molecule has 0 aromatic rings. The number of amides is 2. The van der Waals surface area contributed by atoms with Gasteiger partial charge in [0.2, 0.25) is 0 Å². The van der Waals surface area contributed by atoms with Crippen LogP contribution in [0.15, 0.2) is 0 Å². The fraction of sp³-hybridized carbons (Fsp3) is 0.875. The van der Waals surface area contributed by atoms with Crippen molar-refractivity contribution in [1.82, 2.24) is 10.2 Å². The number of hydrogen-bond donors (Lipinski definition) is 2. The van der Waals surface area contributed by atoms with Gasteiger partial charge in [0, 0.05) is 13.1 Å². The number of rotatable bonds is 2. The zero-order valence-corrected chi connectivity index (χ0v) is 7.42. The van der Waals surface area contributed by atoms with E-state index in [0.717, 1.165) is 19.4 Å². The lowest BCUT2D eigenvalue weighted by molar-refractivity contribution is 0.157. The van der Waals surface area contributed by atoms with E-state index in [0.29, 0.717) is 6.54 Å². The van der Waals surface area contributed by atoms with Crippen molar-refractivity contribution >= 4 is 6.03 Å². The first kappa shape index (κ1) is 9.32. The molecule has 1 rings (SSSR count). The van der Waals surface area contributed by atoms with Crippen LogP contribution in [0.2, 0.25) is 0 Å². The molecule has 1 heterocycles. The molecule has 2 amide bonds. The third-order valence-electron chi connectivity index (χ3n) is 2.18. The summed E-state index contributed by atoms with van der Waals surface area (Å²) >= 11 is 0. The van der Waals surface area contributed by atoms with Crippen LogP contribution in [0.25, 0.3) is 0 Å². The third-order valence-corrected chi connectivity index (χ3v) is 2.18. The van der Waals surface area contributed by atoms with Crippen molar-refractivity contribution in [2.24, 2.45) is 0 Å². The zero-order chi connectivity index (χ0) is 8.97. The van der Waals surface area contributed by atoms with Crippen LogP contribution in [0.3, 0.4) is 0 Å². The molecule has 1 atom stereocenters. The summed E-state index contributed by atoms with van der Waals surface area (Å²) in [6.07, 6.45) is 1.93. The highest BCUT2D eigenvalue weighted by atomic mass is 16.3. The molecule has 1 aliphatic rings. The molecular formula is C8H16N2O2. The lowest BCUT2D eigenvalue weighted by Gasteiger charge is -2.22. The van der Waals surface area contributed by atoms with Crippen molar-refractivity contribution < 1.29 is 9.90 Å². The number of nitrogens with one attached hydrogen (secondary N) is 1. The minimum absolute atomic E-state index is 0.0385. The molecule has 0 spiro atoms. The smallest absolute Gasteiger partial charge is 0.317 e. The first-order valence-corrected chi connectivity index (χ1v) is 4.45. The molecule has 0 saturated carbocycles. The van der Waals surface area contributed by atoms with E-state index >= 15 is 0 Å². The first-order chi connectivity index (χ1) is 5.79. The second-order valence-electron chi connectivity index (χ2n) is 3.01. The minimum Gasteiger partial charge on any atom is -0.394 e. The second-order valence-corrected chi connectivity index (χ2v) is 3.01. The summed E-state index contributed by atoms with van der Waals surface area (Å²) in [7, 11) is 0. The third kappa shape index (κ3) is 1.88. The maximum absolute atomic E-state index is 11.3. The van der Waals surface area contributed by atoms with E-state index in [2.05, 4.69) is 5.32 Å². The molecule has 4 nitrogen and oxygen atoms in total. The van der Waals surface area contributed by atoms with Gasteiger partial charge in [0.1, 0.15) is 0 Å². The Morgan fingerprint density at radius 1 is 1.75 bits per heavy atom. The lowest BCUT2D eigenvalue weighted by Crippen LogP contribution is -2.44. The Bertz CT molecular complexity index is 161. The Kier molecular flexibility index (Phi) is 3.34. The largest absolute Gasteiger partial charge is 0.394 e. The number of nitrogens with zero attached hydrogens (tertiary/aromatic N) is 1. The van der Waals surface area contributed by atoms with Crippen LogP contribution in [-0.4, -0.2) is 41.8 Å². The normalized spacial score (nSPS) is 22.8. The molecule has 0 aromatic carbocycles. The molecule has 4 heteroatoms. The lowest BCUT2D eigenvalue weighted by atomic mass is 10.2. The standard InChI is InChI=1S/C8H16N2O2/c1-2-9-8(12)10-5-3-4-7(10)6-11/h7,11H,2-6H2,1H3,(H,9,12)/t7-/m0/s1. The van der Waals surface area contributed by atoms with Gasteiger partial charge < -0.3 is 15.3 Å². The Labute approximate surface area is 72.6 Å². The highest BCUT2D eigenvalue weighted by Crippen LogP contribution is 2.15. The molecule has 1 aliphatic heterocycles. The molecule has 12 heavy (non-hydrogen) atoms. The molecule has 70 valence electrons. The van der Waals surface area contributed by atoms with Gasteiger partial charge in [-0.2, -0.15) is 0 Å². The van der Waals surface area contributed by atoms with E-state index in [1.54, 1.807) is 4.90 Å². The summed E-state index contributed by atoms with van der Waals surface area (Å²) < 4.78 is 0. The fourth-order valence-electron chi connectivity index (χ4n) is 1.55. The minimum atomic E-state index is -0.0472. The van der Waals surface area contributed by atoms with E-state index in [4.69, 9.17) is 5.11 Å². The van der Waals surface area contributed by atoms with Crippen LogP contribution in [0.1, 0.15) is 19.8 Å². The summed E-state index contributed by atoms with van der Waals surface area (Å²) in [4.78, 5) is 13.0. The molecule has 1 fully saturated rings. The number of urea groups is 1.